The molecule has 0 aliphatic carbocycles. The van der Waals surface area contributed by atoms with E-state index in [4.69, 9.17) is 14.2 Å². The molecule has 32 heavy (non-hydrogen) atoms. The van der Waals surface area contributed by atoms with Gasteiger partial charge in [-0.15, -0.1) is 11.3 Å². The highest BCUT2D eigenvalue weighted by molar-refractivity contribution is 7.15. The van der Waals surface area contributed by atoms with Crippen LogP contribution in [0.5, 0.6) is 11.5 Å². The SMILES string of the molecule is CCOC(=O)c1c(-c2ccc(OC)c(OC)c2)csc1NC(=O)CCN1CCN(C)CC1. The van der Waals surface area contributed by atoms with Gasteiger partial charge in [0.25, 0.3) is 0 Å². The van der Waals surface area contributed by atoms with E-state index in [-0.39, 0.29) is 12.5 Å². The number of thiophene rings is 1. The van der Waals surface area contributed by atoms with Crippen molar-refractivity contribution in [3.8, 4) is 22.6 Å². The maximum absolute atomic E-state index is 12.8. The Morgan fingerprint density at radius 1 is 1.09 bits per heavy atom. The van der Waals surface area contributed by atoms with Gasteiger partial charge in [0, 0.05) is 50.1 Å². The fourth-order valence-corrected chi connectivity index (χ4v) is 4.57. The molecule has 0 bridgehead atoms. The summed E-state index contributed by atoms with van der Waals surface area (Å²) in [5, 5.41) is 5.27. The number of hydrogen-bond acceptors (Lipinski definition) is 8. The van der Waals surface area contributed by atoms with E-state index in [0.717, 1.165) is 31.7 Å². The molecule has 1 aromatic carbocycles. The summed E-state index contributed by atoms with van der Waals surface area (Å²) in [6.45, 7) is 6.64. The molecule has 1 aromatic heterocycles. The predicted octanol–water partition coefficient (Wildman–Crippen LogP) is 3.19. The topological polar surface area (TPSA) is 80.3 Å². The Labute approximate surface area is 193 Å². The van der Waals surface area contributed by atoms with Crippen molar-refractivity contribution in [3.05, 3.63) is 29.1 Å². The number of hydrogen-bond donors (Lipinski definition) is 1. The van der Waals surface area contributed by atoms with E-state index < -0.39 is 5.97 Å². The van der Waals surface area contributed by atoms with Crippen LogP contribution < -0.4 is 14.8 Å². The van der Waals surface area contributed by atoms with Gasteiger partial charge in [0.2, 0.25) is 5.91 Å². The van der Waals surface area contributed by atoms with Gasteiger partial charge in [-0.25, -0.2) is 4.79 Å². The molecule has 1 aliphatic rings. The van der Waals surface area contributed by atoms with Gasteiger partial charge in [0.15, 0.2) is 11.5 Å². The lowest BCUT2D eigenvalue weighted by atomic mass is 10.0. The number of likely N-dealkylation sites (N-methyl/N-ethyl adjacent to an activating group) is 1. The first-order valence-electron chi connectivity index (χ1n) is 10.7. The zero-order valence-electron chi connectivity index (χ0n) is 19.1. The Bertz CT molecular complexity index is 938. The lowest BCUT2D eigenvalue weighted by Crippen LogP contribution is -2.45. The Balaban J connectivity index is 1.78. The van der Waals surface area contributed by atoms with Crippen molar-refractivity contribution in [2.24, 2.45) is 0 Å². The van der Waals surface area contributed by atoms with E-state index in [1.54, 1.807) is 27.2 Å². The summed E-state index contributed by atoms with van der Waals surface area (Å²) >= 11 is 1.31. The number of amides is 1. The summed E-state index contributed by atoms with van der Waals surface area (Å²) in [5.41, 5.74) is 1.82. The van der Waals surface area contributed by atoms with Gasteiger partial charge in [0.1, 0.15) is 10.6 Å². The molecule has 174 valence electrons. The zero-order valence-corrected chi connectivity index (χ0v) is 19.9. The number of benzene rings is 1. The lowest BCUT2D eigenvalue weighted by Gasteiger charge is -2.32. The summed E-state index contributed by atoms with van der Waals surface area (Å²) in [4.78, 5) is 30.0. The average Bonchev–Trinajstić information content (AvgIpc) is 3.21. The molecule has 0 saturated carbocycles. The number of esters is 1. The second-order valence-electron chi connectivity index (χ2n) is 7.59. The average molecular weight is 462 g/mol. The van der Waals surface area contributed by atoms with Crippen molar-refractivity contribution in [2.45, 2.75) is 13.3 Å². The monoisotopic (exact) mass is 461 g/mol. The number of methoxy groups -OCH3 is 2. The number of carbonyl (C=O) groups is 2. The van der Waals surface area contributed by atoms with Crippen LogP contribution >= 0.6 is 11.3 Å². The third-order valence-electron chi connectivity index (χ3n) is 5.47. The van der Waals surface area contributed by atoms with Crippen LogP contribution in [-0.2, 0) is 9.53 Å². The minimum Gasteiger partial charge on any atom is -0.493 e. The van der Waals surface area contributed by atoms with E-state index >= 15 is 0 Å². The molecule has 0 atom stereocenters. The van der Waals surface area contributed by atoms with Crippen molar-refractivity contribution in [2.75, 3.05) is 65.9 Å². The van der Waals surface area contributed by atoms with Crippen LogP contribution in [0.4, 0.5) is 5.00 Å². The number of anilines is 1. The molecule has 3 rings (SSSR count). The van der Waals surface area contributed by atoms with Crippen LogP contribution in [0.3, 0.4) is 0 Å². The second-order valence-corrected chi connectivity index (χ2v) is 8.47. The maximum Gasteiger partial charge on any atom is 0.341 e. The molecular formula is C23H31N3O5S. The molecule has 8 nitrogen and oxygen atoms in total. The predicted molar refractivity (Wildman–Crippen MR) is 126 cm³/mol. The fraction of sp³-hybridized carbons (Fsp3) is 0.478. The van der Waals surface area contributed by atoms with Crippen molar-refractivity contribution in [1.29, 1.82) is 0 Å². The van der Waals surface area contributed by atoms with Crippen LogP contribution in [0.1, 0.15) is 23.7 Å². The second kappa shape index (κ2) is 11.3. The number of carbonyl (C=O) groups excluding carboxylic acids is 2. The molecule has 2 aromatic rings. The van der Waals surface area contributed by atoms with Crippen molar-refractivity contribution >= 4 is 28.2 Å². The van der Waals surface area contributed by atoms with Gasteiger partial charge in [-0.1, -0.05) is 6.07 Å². The molecule has 0 spiro atoms. The van der Waals surface area contributed by atoms with Gasteiger partial charge in [-0.05, 0) is 31.7 Å². The lowest BCUT2D eigenvalue weighted by molar-refractivity contribution is -0.116. The summed E-state index contributed by atoms with van der Waals surface area (Å²) < 4.78 is 16.0. The van der Waals surface area contributed by atoms with Gasteiger partial charge in [0.05, 0.1) is 20.8 Å². The van der Waals surface area contributed by atoms with E-state index in [1.807, 2.05) is 17.5 Å². The summed E-state index contributed by atoms with van der Waals surface area (Å²) in [6, 6.07) is 5.45. The molecule has 0 radical (unpaired) electrons. The van der Waals surface area contributed by atoms with E-state index in [1.165, 1.54) is 11.3 Å². The third-order valence-corrected chi connectivity index (χ3v) is 6.36. The summed E-state index contributed by atoms with van der Waals surface area (Å²) in [7, 11) is 5.24. The quantitative estimate of drug-likeness (QED) is 0.575. The molecule has 0 unspecified atom stereocenters. The number of nitrogens with one attached hydrogen (secondary N) is 1. The molecule has 1 N–H and O–H groups in total. The molecule has 9 heteroatoms. The van der Waals surface area contributed by atoms with Gasteiger partial charge < -0.3 is 29.3 Å². The zero-order chi connectivity index (χ0) is 23.1. The largest absolute Gasteiger partial charge is 0.493 e. The molecule has 1 amide bonds. The Morgan fingerprint density at radius 3 is 2.47 bits per heavy atom. The maximum atomic E-state index is 12.8. The molecule has 2 heterocycles. The highest BCUT2D eigenvalue weighted by Crippen LogP contribution is 2.39. The fourth-order valence-electron chi connectivity index (χ4n) is 3.59. The minimum atomic E-state index is -0.465. The van der Waals surface area contributed by atoms with Crippen LogP contribution in [0.25, 0.3) is 11.1 Å². The van der Waals surface area contributed by atoms with Crippen LogP contribution in [-0.4, -0.2) is 82.3 Å². The van der Waals surface area contributed by atoms with Crippen LogP contribution in [0.15, 0.2) is 23.6 Å². The molecule has 1 saturated heterocycles. The van der Waals surface area contributed by atoms with Gasteiger partial charge in [-0.2, -0.15) is 0 Å². The smallest absolute Gasteiger partial charge is 0.341 e. The Hall–Kier alpha value is -2.62. The van der Waals surface area contributed by atoms with Gasteiger partial charge >= 0.3 is 5.97 Å². The van der Waals surface area contributed by atoms with E-state index in [2.05, 4.69) is 22.2 Å². The van der Waals surface area contributed by atoms with Crippen LogP contribution in [0, 0.1) is 0 Å². The third kappa shape index (κ3) is 5.79. The van der Waals surface area contributed by atoms with Crippen molar-refractivity contribution < 1.29 is 23.8 Å². The van der Waals surface area contributed by atoms with E-state index in [0.29, 0.717) is 40.6 Å². The van der Waals surface area contributed by atoms with Crippen molar-refractivity contribution in [1.82, 2.24) is 9.80 Å². The highest BCUT2D eigenvalue weighted by atomic mass is 32.1. The summed E-state index contributed by atoms with van der Waals surface area (Å²) in [5.74, 6) is 0.577. The van der Waals surface area contributed by atoms with Gasteiger partial charge in [-0.3, -0.25) is 4.79 Å². The summed E-state index contributed by atoms with van der Waals surface area (Å²) in [6.07, 6.45) is 0.371. The first-order valence-corrected chi connectivity index (χ1v) is 11.6. The standard InChI is InChI=1S/C23H31N3O5S/c1-5-31-23(28)21-17(16-6-7-18(29-3)19(14-16)30-4)15-32-22(21)24-20(27)8-9-26-12-10-25(2)11-13-26/h6-7,14-15H,5,8-13H2,1-4H3,(H,24,27). The Kier molecular flexibility index (Phi) is 8.49. The first kappa shape index (κ1) is 24.0. The normalized spacial score (nSPS) is 14.8. The molecular weight excluding hydrogens is 430 g/mol. The number of piperazine rings is 1. The Morgan fingerprint density at radius 2 is 1.81 bits per heavy atom. The number of nitrogens with zero attached hydrogens (tertiary/aromatic N) is 2. The molecule has 1 fully saturated rings. The first-order chi connectivity index (χ1) is 15.5. The highest BCUT2D eigenvalue weighted by Gasteiger charge is 2.24. The minimum absolute atomic E-state index is 0.116. The number of rotatable bonds is 9. The van der Waals surface area contributed by atoms with E-state index in [9.17, 15) is 9.59 Å². The number of ether oxygens (including phenoxy) is 3. The van der Waals surface area contributed by atoms with Crippen LogP contribution in [0.2, 0.25) is 0 Å². The molecule has 1 aliphatic heterocycles. The van der Waals surface area contributed by atoms with Crippen molar-refractivity contribution in [3.63, 3.8) is 0 Å².